The van der Waals surface area contributed by atoms with E-state index < -0.39 is 6.10 Å². The van der Waals surface area contributed by atoms with Crippen LogP contribution in [0, 0.1) is 6.92 Å². The molecule has 0 spiro atoms. The van der Waals surface area contributed by atoms with Crippen molar-refractivity contribution in [3.63, 3.8) is 0 Å². The van der Waals surface area contributed by atoms with Crippen molar-refractivity contribution in [1.29, 1.82) is 0 Å². The van der Waals surface area contributed by atoms with E-state index in [2.05, 4.69) is 0 Å². The molecule has 1 fully saturated rings. The first-order chi connectivity index (χ1) is 10.1. The van der Waals surface area contributed by atoms with E-state index in [1.807, 2.05) is 30.0 Å². The number of benzene rings is 1. The average Bonchev–Trinajstić information content (AvgIpc) is 2.99. The first-order valence-corrected chi connectivity index (χ1v) is 7.43. The van der Waals surface area contributed by atoms with Crippen LogP contribution in [0.2, 0.25) is 0 Å². The topological polar surface area (TPSA) is 49.9 Å². The van der Waals surface area contributed by atoms with E-state index in [4.69, 9.17) is 4.74 Å². The third-order valence-corrected chi connectivity index (χ3v) is 4.07. The Kier molecular flexibility index (Phi) is 3.57. The minimum absolute atomic E-state index is 0.0161. The third-order valence-electron chi connectivity index (χ3n) is 4.07. The van der Waals surface area contributed by atoms with Crippen LogP contribution >= 0.6 is 0 Å². The van der Waals surface area contributed by atoms with E-state index in [-0.39, 0.29) is 18.4 Å². The lowest BCUT2D eigenvalue weighted by molar-refractivity contribution is -0.132. The van der Waals surface area contributed by atoms with Crippen molar-refractivity contribution in [1.82, 2.24) is 4.90 Å². The molecule has 2 aliphatic rings. The molecule has 2 aliphatic heterocycles. The van der Waals surface area contributed by atoms with E-state index in [1.54, 1.807) is 11.8 Å². The molecular weight excluding hydrogens is 268 g/mol. The van der Waals surface area contributed by atoms with E-state index in [0.29, 0.717) is 11.4 Å². The zero-order chi connectivity index (χ0) is 15.0. The summed E-state index contributed by atoms with van der Waals surface area (Å²) in [6, 6.07) is 5.71. The molecular formula is C16H20N2O3. The number of nitrogens with zero attached hydrogens (tertiary/aromatic N) is 2. The smallest absolute Gasteiger partial charge is 0.268 e. The number of anilines is 1. The number of hydrogen-bond donors (Lipinski definition) is 0. The average molecular weight is 288 g/mol. The summed E-state index contributed by atoms with van der Waals surface area (Å²) in [4.78, 5) is 28.1. The van der Waals surface area contributed by atoms with Gasteiger partial charge in [-0.1, -0.05) is 6.07 Å². The van der Waals surface area contributed by atoms with Crippen molar-refractivity contribution in [3.05, 3.63) is 23.8 Å². The summed E-state index contributed by atoms with van der Waals surface area (Å²) in [7, 11) is 0. The predicted molar refractivity (Wildman–Crippen MR) is 79.4 cm³/mol. The highest BCUT2D eigenvalue weighted by atomic mass is 16.5. The van der Waals surface area contributed by atoms with Crippen LogP contribution in [0.3, 0.4) is 0 Å². The van der Waals surface area contributed by atoms with Gasteiger partial charge >= 0.3 is 0 Å². The summed E-state index contributed by atoms with van der Waals surface area (Å²) >= 11 is 0. The minimum Gasteiger partial charge on any atom is -0.479 e. The lowest BCUT2D eigenvalue weighted by Gasteiger charge is -2.33. The zero-order valence-corrected chi connectivity index (χ0v) is 12.5. The van der Waals surface area contributed by atoms with Crippen LogP contribution in [0.25, 0.3) is 0 Å². The lowest BCUT2D eigenvalue weighted by atomic mass is 10.1. The molecule has 0 aliphatic carbocycles. The molecule has 1 saturated heterocycles. The maximum absolute atomic E-state index is 12.4. The first kappa shape index (κ1) is 13.9. The normalized spacial score (nSPS) is 21.2. The van der Waals surface area contributed by atoms with E-state index in [1.165, 1.54) is 0 Å². The maximum atomic E-state index is 12.4. The monoisotopic (exact) mass is 288 g/mol. The fraction of sp³-hybridized carbons (Fsp3) is 0.500. The van der Waals surface area contributed by atoms with Gasteiger partial charge in [0.2, 0.25) is 5.91 Å². The van der Waals surface area contributed by atoms with Gasteiger partial charge in [0.15, 0.2) is 6.10 Å². The van der Waals surface area contributed by atoms with Gasteiger partial charge < -0.3 is 9.64 Å². The molecule has 0 unspecified atom stereocenters. The molecule has 1 atom stereocenters. The highest BCUT2D eigenvalue weighted by Gasteiger charge is 2.34. The lowest BCUT2D eigenvalue weighted by Crippen LogP contribution is -2.49. The molecule has 21 heavy (non-hydrogen) atoms. The maximum Gasteiger partial charge on any atom is 0.268 e. The summed E-state index contributed by atoms with van der Waals surface area (Å²) in [5, 5.41) is 0. The molecule has 2 heterocycles. The van der Waals surface area contributed by atoms with E-state index >= 15 is 0 Å². The van der Waals surface area contributed by atoms with Gasteiger partial charge in [-0.25, -0.2) is 0 Å². The second-order valence-corrected chi connectivity index (χ2v) is 5.74. The Bertz CT molecular complexity index is 579. The molecule has 3 rings (SSSR count). The van der Waals surface area contributed by atoms with Gasteiger partial charge in [-0.2, -0.15) is 0 Å². The summed E-state index contributed by atoms with van der Waals surface area (Å²) in [6.07, 6.45) is 1.55. The van der Waals surface area contributed by atoms with Crippen LogP contribution < -0.4 is 9.64 Å². The van der Waals surface area contributed by atoms with Gasteiger partial charge in [0.25, 0.3) is 5.91 Å². The number of hydrogen-bond acceptors (Lipinski definition) is 3. The van der Waals surface area contributed by atoms with Crippen LogP contribution in [0.1, 0.15) is 25.3 Å². The van der Waals surface area contributed by atoms with Crippen molar-refractivity contribution in [2.24, 2.45) is 0 Å². The van der Waals surface area contributed by atoms with E-state index in [0.717, 1.165) is 31.5 Å². The van der Waals surface area contributed by atoms with Crippen molar-refractivity contribution >= 4 is 17.5 Å². The molecule has 2 amide bonds. The van der Waals surface area contributed by atoms with Gasteiger partial charge in [0.1, 0.15) is 12.3 Å². The highest BCUT2D eigenvalue weighted by Crippen LogP contribution is 2.34. The molecule has 5 heteroatoms. The van der Waals surface area contributed by atoms with Gasteiger partial charge in [-0.05, 0) is 44.4 Å². The van der Waals surface area contributed by atoms with Crippen LogP contribution in [0.15, 0.2) is 18.2 Å². The quantitative estimate of drug-likeness (QED) is 0.833. The molecule has 0 N–H and O–H groups in total. The largest absolute Gasteiger partial charge is 0.479 e. The summed E-state index contributed by atoms with van der Waals surface area (Å²) in [5.41, 5.74) is 1.74. The fourth-order valence-corrected chi connectivity index (χ4v) is 2.88. The van der Waals surface area contributed by atoms with Crippen molar-refractivity contribution in [3.8, 4) is 5.75 Å². The second kappa shape index (κ2) is 5.39. The van der Waals surface area contributed by atoms with Crippen LogP contribution in [-0.2, 0) is 9.59 Å². The van der Waals surface area contributed by atoms with Crippen molar-refractivity contribution in [2.75, 3.05) is 24.5 Å². The van der Waals surface area contributed by atoms with Gasteiger partial charge in [0.05, 0.1) is 5.69 Å². The van der Waals surface area contributed by atoms with Crippen molar-refractivity contribution < 1.29 is 14.3 Å². The van der Waals surface area contributed by atoms with Crippen molar-refractivity contribution in [2.45, 2.75) is 32.8 Å². The Morgan fingerprint density at radius 2 is 2.05 bits per heavy atom. The second-order valence-electron chi connectivity index (χ2n) is 5.74. The number of carbonyl (C=O) groups excluding carboxylic acids is 2. The number of likely N-dealkylation sites (tertiary alicyclic amines) is 1. The SMILES string of the molecule is Cc1ccc2c(c1)N(CC(=O)N1CCCC1)C(=O)[C@H](C)O2. The van der Waals surface area contributed by atoms with Crippen LogP contribution in [0.4, 0.5) is 5.69 Å². The predicted octanol–water partition coefficient (Wildman–Crippen LogP) is 1.73. The first-order valence-electron chi connectivity index (χ1n) is 7.43. The number of ether oxygens (including phenoxy) is 1. The number of carbonyl (C=O) groups is 2. The Balaban J connectivity index is 1.87. The molecule has 0 bridgehead atoms. The Morgan fingerprint density at radius 3 is 2.76 bits per heavy atom. The summed E-state index contributed by atoms with van der Waals surface area (Å²) < 4.78 is 5.62. The van der Waals surface area contributed by atoms with Crippen LogP contribution in [-0.4, -0.2) is 42.5 Å². The fourth-order valence-electron chi connectivity index (χ4n) is 2.88. The molecule has 0 saturated carbocycles. The van der Waals surface area contributed by atoms with Crippen LogP contribution in [0.5, 0.6) is 5.75 Å². The molecule has 0 aromatic heterocycles. The Morgan fingerprint density at radius 1 is 1.33 bits per heavy atom. The Labute approximate surface area is 124 Å². The van der Waals surface area contributed by atoms with Gasteiger partial charge in [0, 0.05) is 13.1 Å². The molecule has 1 aromatic rings. The molecule has 5 nitrogen and oxygen atoms in total. The molecule has 112 valence electrons. The van der Waals surface area contributed by atoms with Gasteiger partial charge in [-0.15, -0.1) is 0 Å². The Hall–Kier alpha value is -2.04. The van der Waals surface area contributed by atoms with Gasteiger partial charge in [-0.3, -0.25) is 14.5 Å². The molecule has 1 aromatic carbocycles. The number of aryl methyl sites for hydroxylation is 1. The molecule has 0 radical (unpaired) electrons. The summed E-state index contributed by atoms with van der Waals surface area (Å²) in [6.45, 7) is 5.38. The highest BCUT2D eigenvalue weighted by molar-refractivity contribution is 6.03. The summed E-state index contributed by atoms with van der Waals surface area (Å²) in [5.74, 6) is 0.532. The third kappa shape index (κ3) is 2.60. The standard InChI is InChI=1S/C16H20N2O3/c1-11-5-6-14-13(9-11)18(16(20)12(2)21-14)10-15(19)17-7-3-4-8-17/h5-6,9,12H,3-4,7-8,10H2,1-2H3/t12-/m0/s1. The number of amides is 2. The number of fused-ring (bicyclic) bond motifs is 1. The number of rotatable bonds is 2. The minimum atomic E-state index is -0.549. The zero-order valence-electron chi connectivity index (χ0n) is 12.5. The van der Waals surface area contributed by atoms with E-state index in [9.17, 15) is 9.59 Å².